The van der Waals surface area contributed by atoms with Gasteiger partial charge in [-0.1, -0.05) is 6.07 Å². The number of hydrogen-bond donors (Lipinski definition) is 1. The maximum atomic E-state index is 12.2. The second-order valence-electron chi connectivity index (χ2n) is 9.09. The zero-order chi connectivity index (χ0) is 22.3. The van der Waals surface area contributed by atoms with Crippen LogP contribution < -0.4 is 10.2 Å². The highest BCUT2D eigenvalue weighted by Crippen LogP contribution is 2.22. The van der Waals surface area contributed by atoms with Crippen LogP contribution in [0, 0.1) is 5.92 Å². The van der Waals surface area contributed by atoms with E-state index in [1.54, 1.807) is 12.5 Å². The van der Waals surface area contributed by atoms with Gasteiger partial charge in [0.2, 0.25) is 0 Å². The van der Waals surface area contributed by atoms with E-state index in [2.05, 4.69) is 38.3 Å². The molecule has 1 aliphatic rings. The molecule has 0 aliphatic carbocycles. The van der Waals surface area contributed by atoms with Gasteiger partial charge >= 0.3 is 6.09 Å². The van der Waals surface area contributed by atoms with Crippen LogP contribution in [0.3, 0.4) is 0 Å². The van der Waals surface area contributed by atoms with Gasteiger partial charge in [-0.05, 0) is 57.6 Å². The summed E-state index contributed by atoms with van der Waals surface area (Å²) in [5.41, 5.74) is 0.740. The van der Waals surface area contributed by atoms with E-state index in [9.17, 15) is 4.79 Å². The lowest BCUT2D eigenvalue weighted by atomic mass is 9.96. The summed E-state index contributed by atoms with van der Waals surface area (Å²) in [4.78, 5) is 29.1. The molecule has 0 saturated carbocycles. The number of carbonyl (C=O) groups is 1. The topological polar surface area (TPSA) is 83.5 Å². The Morgan fingerprint density at radius 3 is 2.74 bits per heavy atom. The van der Waals surface area contributed by atoms with Crippen molar-refractivity contribution in [3.05, 3.63) is 42.5 Å². The molecule has 3 rings (SSSR count). The van der Waals surface area contributed by atoms with Crippen molar-refractivity contribution in [3.8, 4) is 0 Å². The Balaban J connectivity index is 1.45. The zero-order valence-electron chi connectivity index (χ0n) is 19.0. The third kappa shape index (κ3) is 7.38. The number of ether oxygens (including phenoxy) is 1. The van der Waals surface area contributed by atoms with Gasteiger partial charge in [0.05, 0.1) is 0 Å². The molecule has 1 N–H and O–H groups in total. The number of piperidine rings is 1. The third-order valence-corrected chi connectivity index (χ3v) is 5.28. The maximum Gasteiger partial charge on any atom is 0.410 e. The van der Waals surface area contributed by atoms with Gasteiger partial charge in [0.25, 0.3) is 0 Å². The summed E-state index contributed by atoms with van der Waals surface area (Å²) in [7, 11) is 2.06. The molecule has 1 amide bonds. The number of likely N-dealkylation sites (tertiary alicyclic amines) is 1. The van der Waals surface area contributed by atoms with Crippen molar-refractivity contribution < 1.29 is 9.53 Å². The number of amides is 1. The third-order valence-electron chi connectivity index (χ3n) is 5.28. The minimum absolute atomic E-state index is 0.211. The van der Waals surface area contributed by atoms with Crippen LogP contribution in [0.4, 0.5) is 16.4 Å². The van der Waals surface area contributed by atoms with E-state index in [-0.39, 0.29) is 6.09 Å². The summed E-state index contributed by atoms with van der Waals surface area (Å²) in [6.07, 6.45) is 7.87. The number of rotatable bonds is 7. The van der Waals surface area contributed by atoms with Crippen LogP contribution in [0.25, 0.3) is 0 Å². The standard InChI is InChI=1S/C23H34N6O2/c1-23(2,3)31-22(30)29-12-8-19(9-13-29)16-28(4)21-14-20(26-17-27-21)25-11-7-18-6-5-10-24-15-18/h5-6,10,14-15,17,19H,7-9,11-13,16H2,1-4H3,(H,25,26,27). The van der Waals surface area contributed by atoms with Crippen molar-refractivity contribution in [1.29, 1.82) is 0 Å². The molecule has 0 radical (unpaired) electrons. The van der Waals surface area contributed by atoms with Crippen molar-refractivity contribution in [3.63, 3.8) is 0 Å². The van der Waals surface area contributed by atoms with Crippen LogP contribution in [-0.2, 0) is 11.2 Å². The van der Waals surface area contributed by atoms with Crippen molar-refractivity contribution in [2.45, 2.75) is 45.6 Å². The zero-order valence-corrected chi connectivity index (χ0v) is 19.0. The Morgan fingerprint density at radius 2 is 2.06 bits per heavy atom. The molecule has 168 valence electrons. The van der Waals surface area contributed by atoms with Crippen LogP contribution in [0.15, 0.2) is 36.9 Å². The van der Waals surface area contributed by atoms with Crippen molar-refractivity contribution in [2.24, 2.45) is 5.92 Å². The number of pyridine rings is 1. The molecule has 2 aromatic rings. The number of hydrogen-bond acceptors (Lipinski definition) is 7. The SMILES string of the molecule is CN(CC1CCN(C(=O)OC(C)(C)C)CC1)c1cc(NCCc2cccnc2)ncn1. The Labute approximate surface area is 185 Å². The van der Waals surface area contributed by atoms with E-state index < -0.39 is 5.60 Å². The molecule has 3 heterocycles. The van der Waals surface area contributed by atoms with Crippen molar-refractivity contribution in [2.75, 3.05) is 43.4 Å². The van der Waals surface area contributed by atoms with Gasteiger partial charge in [-0.25, -0.2) is 14.8 Å². The fourth-order valence-corrected chi connectivity index (χ4v) is 3.64. The van der Waals surface area contributed by atoms with Crippen LogP contribution in [0.2, 0.25) is 0 Å². The largest absolute Gasteiger partial charge is 0.444 e. The quantitative estimate of drug-likeness (QED) is 0.724. The van der Waals surface area contributed by atoms with Gasteiger partial charge < -0.3 is 19.9 Å². The Morgan fingerprint density at radius 1 is 1.29 bits per heavy atom. The highest BCUT2D eigenvalue weighted by atomic mass is 16.6. The van der Waals surface area contributed by atoms with Gasteiger partial charge in [0, 0.05) is 51.7 Å². The Bertz CT molecular complexity index is 831. The van der Waals surface area contributed by atoms with Crippen LogP contribution in [0.5, 0.6) is 0 Å². The lowest BCUT2D eigenvalue weighted by molar-refractivity contribution is 0.0186. The van der Waals surface area contributed by atoms with Crippen LogP contribution in [0.1, 0.15) is 39.2 Å². The predicted octanol–water partition coefficient (Wildman–Crippen LogP) is 3.61. The predicted molar refractivity (Wildman–Crippen MR) is 122 cm³/mol. The van der Waals surface area contributed by atoms with Crippen molar-refractivity contribution in [1.82, 2.24) is 19.9 Å². The van der Waals surface area contributed by atoms with Gasteiger partial charge in [0.1, 0.15) is 23.6 Å². The highest BCUT2D eigenvalue weighted by Gasteiger charge is 2.27. The van der Waals surface area contributed by atoms with E-state index in [1.807, 2.05) is 44.0 Å². The maximum absolute atomic E-state index is 12.2. The van der Waals surface area contributed by atoms with Crippen LogP contribution in [-0.4, -0.2) is 64.8 Å². The molecular formula is C23H34N6O2. The summed E-state index contributed by atoms with van der Waals surface area (Å²) in [5, 5.41) is 3.37. The van der Waals surface area contributed by atoms with E-state index in [0.29, 0.717) is 5.92 Å². The summed E-state index contributed by atoms with van der Waals surface area (Å²) in [5.74, 6) is 2.23. The molecule has 0 bridgehead atoms. The van der Waals surface area contributed by atoms with Crippen LogP contribution >= 0.6 is 0 Å². The molecule has 1 saturated heterocycles. The second-order valence-corrected chi connectivity index (χ2v) is 9.09. The molecule has 31 heavy (non-hydrogen) atoms. The molecule has 0 unspecified atom stereocenters. The molecular weight excluding hydrogens is 392 g/mol. The second kappa shape index (κ2) is 10.4. The van der Waals surface area contributed by atoms with Gasteiger partial charge in [-0.3, -0.25) is 4.98 Å². The first-order valence-corrected chi connectivity index (χ1v) is 10.9. The Kier molecular flexibility index (Phi) is 7.65. The monoisotopic (exact) mass is 426 g/mol. The van der Waals surface area contributed by atoms with E-state index in [1.165, 1.54) is 5.56 Å². The number of nitrogens with one attached hydrogen (secondary N) is 1. The molecule has 0 spiro atoms. The van der Waals surface area contributed by atoms with E-state index in [0.717, 1.165) is 57.1 Å². The van der Waals surface area contributed by atoms with E-state index >= 15 is 0 Å². The molecule has 0 aromatic carbocycles. The normalized spacial score (nSPS) is 14.9. The fraction of sp³-hybridized carbons (Fsp3) is 0.565. The number of nitrogens with zero attached hydrogens (tertiary/aromatic N) is 5. The van der Waals surface area contributed by atoms with Gasteiger partial charge in [0.15, 0.2) is 0 Å². The summed E-state index contributed by atoms with van der Waals surface area (Å²) in [6.45, 7) is 8.85. The summed E-state index contributed by atoms with van der Waals surface area (Å²) >= 11 is 0. The average molecular weight is 427 g/mol. The first-order chi connectivity index (χ1) is 14.8. The molecule has 0 atom stereocenters. The van der Waals surface area contributed by atoms with Gasteiger partial charge in [-0.2, -0.15) is 0 Å². The minimum atomic E-state index is -0.453. The lowest BCUT2D eigenvalue weighted by Gasteiger charge is -2.35. The fourth-order valence-electron chi connectivity index (χ4n) is 3.64. The first-order valence-electron chi connectivity index (χ1n) is 10.9. The smallest absolute Gasteiger partial charge is 0.410 e. The summed E-state index contributed by atoms with van der Waals surface area (Å²) < 4.78 is 5.49. The molecule has 8 heteroatoms. The molecule has 1 fully saturated rings. The van der Waals surface area contributed by atoms with Crippen molar-refractivity contribution >= 4 is 17.7 Å². The minimum Gasteiger partial charge on any atom is -0.444 e. The summed E-state index contributed by atoms with van der Waals surface area (Å²) in [6, 6.07) is 6.01. The Hall–Kier alpha value is -2.90. The van der Waals surface area contributed by atoms with E-state index in [4.69, 9.17) is 4.74 Å². The molecule has 1 aliphatic heterocycles. The lowest BCUT2D eigenvalue weighted by Crippen LogP contribution is -2.43. The average Bonchev–Trinajstić information content (AvgIpc) is 2.74. The number of carbonyl (C=O) groups excluding carboxylic acids is 1. The number of anilines is 2. The molecule has 2 aromatic heterocycles. The number of aromatic nitrogens is 3. The highest BCUT2D eigenvalue weighted by molar-refractivity contribution is 5.68. The molecule has 8 nitrogen and oxygen atoms in total. The first kappa shape index (κ1) is 22.8. The van der Waals surface area contributed by atoms with Gasteiger partial charge in [-0.15, -0.1) is 0 Å².